The minimum atomic E-state index is -0.742. The van der Waals surface area contributed by atoms with E-state index >= 15 is 0 Å². The molecular weight excluding hydrogens is 344 g/mol. The molecule has 2 unspecified atom stereocenters. The summed E-state index contributed by atoms with van der Waals surface area (Å²) in [5.74, 6) is 0.446. The van der Waals surface area contributed by atoms with Crippen LogP contribution in [0, 0.1) is 0 Å². The molecule has 144 valence electrons. The molecule has 0 N–H and O–H groups in total. The molecule has 2 atom stereocenters. The number of carbonyl (C=O) groups is 1. The second-order valence-corrected chi connectivity index (χ2v) is 7.15. The Morgan fingerprint density at radius 3 is 1.89 bits per heavy atom. The van der Waals surface area contributed by atoms with Gasteiger partial charge in [-0.15, -0.1) is 0 Å². The summed E-state index contributed by atoms with van der Waals surface area (Å²) in [5, 5.41) is 0. The maximum Gasteiger partial charge on any atom is 0.322 e. The van der Waals surface area contributed by atoms with Gasteiger partial charge in [-0.25, -0.2) is 0 Å². The van der Waals surface area contributed by atoms with E-state index in [-0.39, 0.29) is 11.9 Å². The standard InChI is InChI=1S/C26H28O2/c1-3-14-24(21-15-8-5-9-16-21)26(4-2,22-17-10-6-11-18-22)25(27)28-23-19-12-7-13-20-23/h5-13,15-20,24H,3-4,14H2,1-2H3. The summed E-state index contributed by atoms with van der Waals surface area (Å²) < 4.78 is 5.94. The van der Waals surface area contributed by atoms with Crippen LogP contribution in [0.1, 0.15) is 50.2 Å². The van der Waals surface area contributed by atoms with Crippen molar-refractivity contribution in [3.8, 4) is 5.75 Å². The van der Waals surface area contributed by atoms with E-state index in [9.17, 15) is 4.79 Å². The highest BCUT2D eigenvalue weighted by Crippen LogP contribution is 2.45. The van der Waals surface area contributed by atoms with Crippen LogP contribution in [0.15, 0.2) is 91.0 Å². The summed E-state index contributed by atoms with van der Waals surface area (Å²) in [5.41, 5.74) is 1.45. The molecule has 0 amide bonds. The number of rotatable bonds is 8. The van der Waals surface area contributed by atoms with Crippen LogP contribution in [-0.4, -0.2) is 5.97 Å². The first-order valence-electron chi connectivity index (χ1n) is 10.1. The van der Waals surface area contributed by atoms with Crippen LogP contribution in [0.25, 0.3) is 0 Å². The third-order valence-corrected chi connectivity index (χ3v) is 5.54. The van der Waals surface area contributed by atoms with Gasteiger partial charge >= 0.3 is 5.97 Å². The lowest BCUT2D eigenvalue weighted by atomic mass is 9.64. The average Bonchev–Trinajstić information content (AvgIpc) is 2.76. The zero-order chi connectivity index (χ0) is 19.8. The first-order valence-corrected chi connectivity index (χ1v) is 10.1. The molecule has 3 aromatic carbocycles. The fourth-order valence-corrected chi connectivity index (χ4v) is 4.15. The first-order chi connectivity index (χ1) is 13.7. The highest BCUT2D eigenvalue weighted by atomic mass is 16.5. The second-order valence-electron chi connectivity index (χ2n) is 7.15. The smallest absolute Gasteiger partial charge is 0.322 e. The Morgan fingerprint density at radius 1 is 0.821 bits per heavy atom. The zero-order valence-electron chi connectivity index (χ0n) is 16.7. The van der Waals surface area contributed by atoms with Crippen LogP contribution >= 0.6 is 0 Å². The highest BCUT2D eigenvalue weighted by Gasteiger charge is 2.47. The van der Waals surface area contributed by atoms with Crippen molar-refractivity contribution in [2.24, 2.45) is 0 Å². The van der Waals surface area contributed by atoms with Gasteiger partial charge in [-0.1, -0.05) is 99.1 Å². The Hall–Kier alpha value is -2.87. The van der Waals surface area contributed by atoms with Crippen LogP contribution < -0.4 is 4.74 Å². The lowest BCUT2D eigenvalue weighted by Gasteiger charge is -2.39. The summed E-state index contributed by atoms with van der Waals surface area (Å²) in [6.07, 6.45) is 2.58. The molecule has 28 heavy (non-hydrogen) atoms. The predicted octanol–water partition coefficient (Wildman–Crippen LogP) is 6.52. The van der Waals surface area contributed by atoms with Crippen molar-refractivity contribution in [2.45, 2.75) is 44.4 Å². The lowest BCUT2D eigenvalue weighted by molar-refractivity contribution is -0.142. The van der Waals surface area contributed by atoms with Gasteiger partial charge in [0.15, 0.2) is 0 Å². The van der Waals surface area contributed by atoms with E-state index in [0.717, 1.165) is 18.4 Å². The van der Waals surface area contributed by atoms with Gasteiger partial charge in [0.1, 0.15) is 5.75 Å². The number of carbonyl (C=O) groups excluding carboxylic acids is 1. The number of hydrogen-bond acceptors (Lipinski definition) is 2. The van der Waals surface area contributed by atoms with Gasteiger partial charge in [0.2, 0.25) is 0 Å². The highest BCUT2D eigenvalue weighted by molar-refractivity contribution is 5.86. The molecule has 3 rings (SSSR count). The topological polar surface area (TPSA) is 26.3 Å². The van der Waals surface area contributed by atoms with Gasteiger partial charge in [0, 0.05) is 5.92 Å². The monoisotopic (exact) mass is 372 g/mol. The van der Waals surface area contributed by atoms with E-state index < -0.39 is 5.41 Å². The molecule has 3 aromatic rings. The molecule has 0 aliphatic rings. The predicted molar refractivity (Wildman–Crippen MR) is 115 cm³/mol. The van der Waals surface area contributed by atoms with Gasteiger partial charge in [0.05, 0.1) is 5.41 Å². The van der Waals surface area contributed by atoms with Crippen molar-refractivity contribution < 1.29 is 9.53 Å². The SMILES string of the molecule is CCCC(c1ccccc1)C(CC)(C(=O)Oc1ccccc1)c1ccccc1. The molecule has 0 aromatic heterocycles. The first kappa shape index (κ1) is 19.9. The third-order valence-electron chi connectivity index (χ3n) is 5.54. The van der Waals surface area contributed by atoms with Crippen LogP contribution in [0.2, 0.25) is 0 Å². The van der Waals surface area contributed by atoms with Crippen molar-refractivity contribution >= 4 is 5.97 Å². The third kappa shape index (κ3) is 4.01. The number of esters is 1. The molecule has 0 heterocycles. The molecule has 0 spiro atoms. The van der Waals surface area contributed by atoms with Crippen LogP contribution in [0.5, 0.6) is 5.75 Å². The summed E-state index contributed by atoms with van der Waals surface area (Å²) in [6, 6.07) is 29.8. The summed E-state index contributed by atoms with van der Waals surface area (Å²) in [7, 11) is 0. The maximum atomic E-state index is 13.7. The Morgan fingerprint density at radius 2 is 1.36 bits per heavy atom. The molecule has 0 aliphatic carbocycles. The van der Waals surface area contributed by atoms with Gasteiger partial charge in [-0.05, 0) is 36.1 Å². The molecule has 0 aliphatic heterocycles. The van der Waals surface area contributed by atoms with Crippen LogP contribution in [0.4, 0.5) is 0 Å². The number of hydrogen-bond donors (Lipinski definition) is 0. The van der Waals surface area contributed by atoms with Gasteiger partial charge in [-0.3, -0.25) is 4.79 Å². The van der Waals surface area contributed by atoms with E-state index in [0.29, 0.717) is 12.2 Å². The fourth-order valence-electron chi connectivity index (χ4n) is 4.15. The molecule has 2 nitrogen and oxygen atoms in total. The minimum absolute atomic E-state index is 0.0438. The molecular formula is C26H28O2. The molecule has 0 fully saturated rings. The van der Waals surface area contributed by atoms with Gasteiger partial charge in [0.25, 0.3) is 0 Å². The largest absolute Gasteiger partial charge is 0.426 e. The van der Waals surface area contributed by atoms with Crippen molar-refractivity contribution in [1.82, 2.24) is 0 Å². The molecule has 0 saturated heterocycles. The average molecular weight is 373 g/mol. The van der Waals surface area contributed by atoms with E-state index in [1.807, 2.05) is 66.7 Å². The minimum Gasteiger partial charge on any atom is -0.426 e. The van der Waals surface area contributed by atoms with E-state index in [4.69, 9.17) is 4.74 Å². The molecule has 0 bridgehead atoms. The van der Waals surface area contributed by atoms with Crippen molar-refractivity contribution in [3.05, 3.63) is 102 Å². The normalized spacial score (nSPS) is 14.1. The van der Waals surface area contributed by atoms with E-state index in [1.165, 1.54) is 5.56 Å². The van der Waals surface area contributed by atoms with E-state index in [1.54, 1.807) is 0 Å². The summed E-state index contributed by atoms with van der Waals surface area (Å²) in [4.78, 5) is 13.7. The molecule has 2 heteroatoms. The quantitative estimate of drug-likeness (QED) is 0.332. The van der Waals surface area contributed by atoms with Gasteiger partial charge in [-0.2, -0.15) is 0 Å². The van der Waals surface area contributed by atoms with Gasteiger partial charge < -0.3 is 4.74 Å². The van der Waals surface area contributed by atoms with E-state index in [2.05, 4.69) is 38.1 Å². The fraction of sp³-hybridized carbons (Fsp3) is 0.269. The maximum absolute atomic E-state index is 13.7. The Kier molecular flexibility index (Phi) is 6.65. The molecule has 0 saturated carbocycles. The summed E-state index contributed by atoms with van der Waals surface area (Å²) in [6.45, 7) is 4.26. The van der Waals surface area contributed by atoms with Crippen molar-refractivity contribution in [1.29, 1.82) is 0 Å². The van der Waals surface area contributed by atoms with Crippen LogP contribution in [-0.2, 0) is 10.2 Å². The summed E-state index contributed by atoms with van der Waals surface area (Å²) >= 11 is 0. The Labute approximate surface area is 168 Å². The number of para-hydroxylation sites is 1. The lowest BCUT2D eigenvalue weighted by Crippen LogP contribution is -2.44. The number of ether oxygens (including phenoxy) is 1. The number of benzene rings is 3. The van der Waals surface area contributed by atoms with Crippen molar-refractivity contribution in [3.63, 3.8) is 0 Å². The Bertz CT molecular complexity index is 859. The van der Waals surface area contributed by atoms with Crippen molar-refractivity contribution in [2.75, 3.05) is 0 Å². The molecule has 0 radical (unpaired) electrons. The van der Waals surface area contributed by atoms with Crippen LogP contribution in [0.3, 0.4) is 0 Å². The Balaban J connectivity index is 2.13. The zero-order valence-corrected chi connectivity index (χ0v) is 16.7. The second kappa shape index (κ2) is 9.36.